The van der Waals surface area contributed by atoms with Gasteiger partial charge in [0.15, 0.2) is 0 Å². The number of hydrogen-bond donors (Lipinski definition) is 0. The summed E-state index contributed by atoms with van der Waals surface area (Å²) in [5, 5.41) is 1.25. The minimum absolute atomic E-state index is 0.0367. The lowest BCUT2D eigenvalue weighted by molar-refractivity contribution is -0.156. The van der Waals surface area contributed by atoms with Gasteiger partial charge in [-0.25, -0.2) is 28.8 Å². The van der Waals surface area contributed by atoms with E-state index in [1.807, 2.05) is 6.92 Å². The maximum Gasteiger partial charge on any atom is 0.423 e. The smallest absolute Gasteiger partial charge is 0.418 e. The Hall–Kier alpha value is -6.99. The van der Waals surface area contributed by atoms with Gasteiger partial charge in [0.05, 0.1) is 0 Å². The van der Waals surface area contributed by atoms with Crippen molar-refractivity contribution < 1.29 is 57.2 Å². The molecule has 0 fully saturated rings. The fraction of sp³-hybridized carbons (Fsp3) is 0.0455. The maximum atomic E-state index is 12.6. The van der Waals surface area contributed by atoms with Crippen LogP contribution in [0.3, 0.4) is 0 Å². The Morgan fingerprint density at radius 2 is 0.458 bits per heavy atom. The predicted molar refractivity (Wildman–Crippen MR) is 213 cm³/mol. The molecule has 0 aliphatic rings. The molecule has 0 radical (unpaired) electrons. The predicted octanol–water partition coefficient (Wildman–Crippen LogP) is 8.53. The first kappa shape index (κ1) is 41.6. The van der Waals surface area contributed by atoms with E-state index in [9.17, 15) is 28.8 Å². The van der Waals surface area contributed by atoms with Crippen molar-refractivity contribution in [2.45, 2.75) is 12.3 Å². The maximum absolute atomic E-state index is 12.6. The highest BCUT2D eigenvalue weighted by molar-refractivity contribution is 6.33. The van der Waals surface area contributed by atoms with Gasteiger partial charge in [-0.15, -0.1) is 0 Å². The Kier molecular flexibility index (Phi) is 13.1. The van der Waals surface area contributed by atoms with E-state index in [0.29, 0.717) is 31.8 Å². The number of halogens is 3. The van der Waals surface area contributed by atoms with E-state index in [1.165, 1.54) is 109 Å². The van der Waals surface area contributed by atoms with E-state index in [-0.39, 0.29) is 34.5 Å². The zero-order valence-electron chi connectivity index (χ0n) is 30.4. The van der Waals surface area contributed by atoms with Crippen LogP contribution < -0.4 is 28.4 Å². The van der Waals surface area contributed by atoms with Crippen molar-refractivity contribution in [2.24, 2.45) is 0 Å². The Morgan fingerprint density at radius 1 is 0.305 bits per heavy atom. The Bertz CT molecular complexity index is 2220. The molecule has 0 heterocycles. The summed E-state index contributed by atoms with van der Waals surface area (Å²) in [7, 11) is 0. The van der Waals surface area contributed by atoms with Gasteiger partial charge < -0.3 is 28.4 Å². The summed E-state index contributed by atoms with van der Waals surface area (Å²) in [5.41, 5.74) is 0.929. The Morgan fingerprint density at radius 3 is 0.627 bits per heavy atom. The minimum Gasteiger partial charge on any atom is -0.418 e. The topological polar surface area (TPSA) is 158 Å². The van der Waals surface area contributed by atoms with Crippen LogP contribution in [0.1, 0.15) is 23.6 Å². The minimum atomic E-state index is -1.26. The Labute approximate surface area is 350 Å². The number of rotatable bonds is 9. The molecule has 0 aromatic heterocycles. The first-order valence-corrected chi connectivity index (χ1v) is 18.3. The third-order valence-electron chi connectivity index (χ3n) is 8.50. The van der Waals surface area contributed by atoms with Crippen molar-refractivity contribution >= 4 is 70.6 Å². The molecule has 296 valence electrons. The number of carbonyl (C=O) groups excluding carboxylic acids is 6. The van der Waals surface area contributed by atoms with Gasteiger partial charge in [0.2, 0.25) is 0 Å². The highest BCUT2D eigenvalue weighted by atomic mass is 35.5. The molecule has 6 rings (SSSR count). The number of ether oxygens (including phenoxy) is 6. The van der Waals surface area contributed by atoms with Gasteiger partial charge in [0.25, 0.3) is 0 Å². The summed E-state index contributed by atoms with van der Waals surface area (Å²) in [6.45, 7) is 1.87. The molecule has 15 heteroatoms. The molecule has 12 nitrogen and oxygen atoms in total. The zero-order valence-corrected chi connectivity index (χ0v) is 32.7. The summed E-state index contributed by atoms with van der Waals surface area (Å²) >= 11 is 17.6. The average Bonchev–Trinajstić information content (AvgIpc) is 3.23. The monoisotopic (exact) mass is 852 g/mol. The molecule has 0 spiro atoms. The molecule has 0 saturated heterocycles. The summed E-state index contributed by atoms with van der Waals surface area (Å²) < 4.78 is 30.9. The number of carbonyl (C=O) groups is 6. The molecule has 0 saturated carbocycles. The molecule has 6 aromatic carbocycles. The summed E-state index contributed by atoms with van der Waals surface area (Å²) in [6, 6.07) is 36.3. The van der Waals surface area contributed by atoms with Gasteiger partial charge in [-0.3, -0.25) is 0 Å². The van der Waals surface area contributed by atoms with E-state index in [4.69, 9.17) is 63.2 Å². The fourth-order valence-corrected chi connectivity index (χ4v) is 5.85. The average molecular weight is 854 g/mol. The van der Waals surface area contributed by atoms with Crippen molar-refractivity contribution in [2.75, 3.05) is 0 Å². The molecule has 0 atom stereocenters. The zero-order chi connectivity index (χ0) is 42.1. The van der Waals surface area contributed by atoms with Crippen LogP contribution in [-0.2, 0) is 34.2 Å². The van der Waals surface area contributed by atoms with E-state index in [1.54, 1.807) is 36.4 Å². The number of benzene rings is 6. The molecule has 59 heavy (non-hydrogen) atoms. The van der Waals surface area contributed by atoms with Crippen LogP contribution in [0, 0.1) is 0 Å². The first-order valence-electron chi connectivity index (χ1n) is 17.2. The van der Waals surface area contributed by atoms with Crippen molar-refractivity contribution in [3.63, 3.8) is 0 Å². The van der Waals surface area contributed by atoms with Gasteiger partial charge in [0, 0.05) is 20.5 Å². The molecule has 6 aromatic rings. The fourth-order valence-electron chi connectivity index (χ4n) is 5.47. The number of esters is 6. The molecular formula is C44H27Cl3O12. The van der Waals surface area contributed by atoms with Gasteiger partial charge in [-0.1, -0.05) is 71.2 Å². The highest BCUT2D eigenvalue weighted by Gasteiger charge is 2.32. The quantitative estimate of drug-likeness (QED) is 0.0592. The summed E-state index contributed by atoms with van der Waals surface area (Å²) in [6.07, 6.45) is 0. The van der Waals surface area contributed by atoms with Crippen LogP contribution in [0.5, 0.6) is 34.5 Å². The normalized spacial score (nSPS) is 10.8. The van der Waals surface area contributed by atoms with E-state index in [2.05, 4.69) is 0 Å². The van der Waals surface area contributed by atoms with Gasteiger partial charge in [-0.2, -0.15) is 0 Å². The van der Waals surface area contributed by atoms with Crippen LogP contribution in [-0.4, -0.2) is 35.8 Å². The number of hydrogen-bond acceptors (Lipinski definition) is 12. The lowest BCUT2D eigenvalue weighted by atomic mass is 9.71. The van der Waals surface area contributed by atoms with Crippen molar-refractivity contribution in [3.05, 3.63) is 177 Å². The van der Waals surface area contributed by atoms with Crippen molar-refractivity contribution in [1.29, 1.82) is 0 Å². The second-order valence-electron chi connectivity index (χ2n) is 12.4. The van der Waals surface area contributed by atoms with Crippen molar-refractivity contribution in [3.8, 4) is 34.5 Å². The molecule has 0 bridgehead atoms. The van der Waals surface area contributed by atoms with Crippen LogP contribution in [0.2, 0.25) is 15.1 Å². The highest BCUT2D eigenvalue weighted by Crippen LogP contribution is 2.40. The molecule has 0 amide bonds. The first-order chi connectivity index (χ1) is 28.3. The van der Waals surface area contributed by atoms with Gasteiger partial charge in [-0.05, 0) is 133 Å². The second-order valence-corrected chi connectivity index (χ2v) is 13.7. The molecular weight excluding hydrogens is 827 g/mol. The van der Waals surface area contributed by atoms with Crippen molar-refractivity contribution in [1.82, 2.24) is 0 Å². The second kappa shape index (κ2) is 18.5. The SMILES string of the molecule is CC(c1ccc(OC(=O)C(=O)Oc2ccc(Cl)cc2)cc1)(c1ccc(OC(=O)C(=O)Oc2ccc(Cl)cc2)cc1)c1ccc(OC(=O)C(=O)Oc2ccc(Cl)cc2)cc1. The van der Waals surface area contributed by atoms with Gasteiger partial charge >= 0.3 is 35.8 Å². The third-order valence-corrected chi connectivity index (χ3v) is 9.26. The van der Waals surface area contributed by atoms with Gasteiger partial charge in [0.1, 0.15) is 34.5 Å². The van der Waals surface area contributed by atoms with E-state index in [0.717, 1.165) is 0 Å². The molecule has 0 aliphatic heterocycles. The van der Waals surface area contributed by atoms with Crippen LogP contribution in [0.4, 0.5) is 0 Å². The van der Waals surface area contributed by atoms with Crippen LogP contribution >= 0.6 is 34.8 Å². The van der Waals surface area contributed by atoms with E-state index >= 15 is 0 Å². The molecule has 0 aliphatic carbocycles. The summed E-state index contributed by atoms with van der Waals surface area (Å²) in [4.78, 5) is 74.9. The molecule has 0 unspecified atom stereocenters. The largest absolute Gasteiger partial charge is 0.423 e. The molecule has 0 N–H and O–H groups in total. The lowest BCUT2D eigenvalue weighted by Gasteiger charge is -2.32. The third kappa shape index (κ3) is 10.7. The van der Waals surface area contributed by atoms with Crippen LogP contribution in [0.15, 0.2) is 146 Å². The van der Waals surface area contributed by atoms with E-state index < -0.39 is 41.2 Å². The summed E-state index contributed by atoms with van der Waals surface area (Å²) in [5.74, 6) is -7.14. The standard InChI is InChI=1S/C44H27Cl3O12/c1-44(26-2-14-32(15-3-26)54-38(48)41(51)57-35-20-8-29(45)9-21-35,27-4-16-33(17-5-27)55-39(49)42(52)58-36-22-10-30(46)11-23-36)28-6-18-34(19-7-28)56-40(50)43(53)59-37-24-12-31(47)13-25-37/h2-25H,1H3. The van der Waals surface area contributed by atoms with Crippen LogP contribution in [0.25, 0.3) is 0 Å². The Balaban J connectivity index is 1.21. The lowest BCUT2D eigenvalue weighted by Crippen LogP contribution is -2.27.